The molecule has 0 radical (unpaired) electrons. The Kier molecular flexibility index (Phi) is 5.52. The van der Waals surface area contributed by atoms with Crippen LogP contribution in [0.3, 0.4) is 0 Å². The summed E-state index contributed by atoms with van der Waals surface area (Å²) in [4.78, 5) is 0.258. The van der Waals surface area contributed by atoms with Gasteiger partial charge in [0.15, 0.2) is 0 Å². The number of sulfonamides is 1. The molecule has 1 rings (SSSR count). The second-order valence-electron chi connectivity index (χ2n) is 5.29. The first-order chi connectivity index (χ1) is 8.77. The molecular formula is C14H23NO3S. The lowest BCUT2D eigenvalue weighted by Crippen LogP contribution is -2.38. The van der Waals surface area contributed by atoms with Gasteiger partial charge in [-0.1, -0.05) is 32.9 Å². The molecule has 0 heterocycles. The van der Waals surface area contributed by atoms with Crippen molar-refractivity contribution >= 4 is 10.0 Å². The zero-order valence-electron chi connectivity index (χ0n) is 11.9. The van der Waals surface area contributed by atoms with Gasteiger partial charge in [0, 0.05) is 12.6 Å². The third kappa shape index (κ3) is 4.30. The minimum Gasteiger partial charge on any atom is -0.396 e. The molecule has 5 heteroatoms. The Morgan fingerprint density at radius 1 is 1.11 bits per heavy atom. The van der Waals surface area contributed by atoms with Gasteiger partial charge in [-0.2, -0.15) is 0 Å². The highest BCUT2D eigenvalue weighted by Gasteiger charge is 2.20. The van der Waals surface area contributed by atoms with Crippen molar-refractivity contribution in [1.29, 1.82) is 0 Å². The fourth-order valence-electron chi connectivity index (χ4n) is 1.62. The van der Waals surface area contributed by atoms with E-state index in [0.29, 0.717) is 5.92 Å². The van der Waals surface area contributed by atoms with Gasteiger partial charge >= 0.3 is 0 Å². The lowest BCUT2D eigenvalue weighted by atomic mass is 10.0. The van der Waals surface area contributed by atoms with Crippen LogP contribution in [0, 0.1) is 5.92 Å². The Balaban J connectivity index is 2.88. The van der Waals surface area contributed by atoms with Gasteiger partial charge in [0.05, 0.1) is 4.90 Å². The van der Waals surface area contributed by atoms with Gasteiger partial charge in [0.25, 0.3) is 0 Å². The monoisotopic (exact) mass is 285 g/mol. The first kappa shape index (κ1) is 16.1. The largest absolute Gasteiger partial charge is 0.396 e. The first-order valence-corrected chi connectivity index (χ1v) is 7.99. The highest BCUT2D eigenvalue weighted by Crippen LogP contribution is 2.18. The summed E-state index contributed by atoms with van der Waals surface area (Å²) in [5, 5.41) is 9.04. The van der Waals surface area contributed by atoms with Crippen molar-refractivity contribution in [3.8, 4) is 0 Å². The zero-order valence-corrected chi connectivity index (χ0v) is 12.7. The molecule has 0 aliphatic carbocycles. The maximum Gasteiger partial charge on any atom is 0.240 e. The van der Waals surface area contributed by atoms with Crippen LogP contribution in [0.2, 0.25) is 0 Å². The number of nitrogens with one attached hydrogen (secondary N) is 1. The number of benzene rings is 1. The fourth-order valence-corrected chi connectivity index (χ4v) is 2.97. The SMILES string of the molecule is CC(C)c1ccc(S(=O)(=O)NC(C)C(C)CO)cc1. The molecule has 0 fully saturated rings. The lowest BCUT2D eigenvalue weighted by molar-refractivity contribution is 0.216. The minimum absolute atomic E-state index is 0.0457. The van der Waals surface area contributed by atoms with E-state index in [9.17, 15) is 8.42 Å². The highest BCUT2D eigenvalue weighted by atomic mass is 32.2. The molecule has 0 aromatic heterocycles. The number of aliphatic hydroxyl groups excluding tert-OH is 1. The van der Waals surface area contributed by atoms with Crippen molar-refractivity contribution in [3.63, 3.8) is 0 Å². The van der Waals surface area contributed by atoms with Gasteiger partial charge in [-0.25, -0.2) is 13.1 Å². The summed E-state index contributed by atoms with van der Waals surface area (Å²) >= 11 is 0. The van der Waals surface area contributed by atoms with E-state index in [1.165, 1.54) is 0 Å². The Bertz CT molecular complexity index is 494. The molecule has 19 heavy (non-hydrogen) atoms. The normalized spacial score (nSPS) is 15.5. The molecule has 0 saturated heterocycles. The van der Waals surface area contributed by atoms with Crippen LogP contribution in [0.5, 0.6) is 0 Å². The third-order valence-electron chi connectivity index (χ3n) is 3.34. The standard InChI is InChI=1S/C14H23NO3S/c1-10(2)13-5-7-14(8-6-13)19(17,18)15-12(4)11(3)9-16/h5-8,10-12,15-16H,9H2,1-4H3. The van der Waals surface area contributed by atoms with Gasteiger partial charge in [-0.05, 0) is 36.5 Å². The van der Waals surface area contributed by atoms with Gasteiger partial charge < -0.3 is 5.11 Å². The summed E-state index contributed by atoms with van der Waals surface area (Å²) in [5.74, 6) is 0.253. The molecule has 0 aliphatic heterocycles. The van der Waals surface area contributed by atoms with E-state index in [4.69, 9.17) is 5.11 Å². The molecule has 2 unspecified atom stereocenters. The van der Waals surface area contributed by atoms with Crippen LogP contribution in [0.15, 0.2) is 29.2 Å². The molecule has 1 aromatic rings. The van der Waals surface area contributed by atoms with Crippen molar-refractivity contribution < 1.29 is 13.5 Å². The number of rotatable bonds is 6. The zero-order chi connectivity index (χ0) is 14.6. The quantitative estimate of drug-likeness (QED) is 0.841. The van der Waals surface area contributed by atoms with Crippen LogP contribution < -0.4 is 4.72 Å². The number of hydrogen-bond donors (Lipinski definition) is 2. The van der Waals surface area contributed by atoms with E-state index >= 15 is 0 Å². The molecule has 0 spiro atoms. The van der Waals surface area contributed by atoms with Gasteiger partial charge in [0.2, 0.25) is 10.0 Å². The van der Waals surface area contributed by atoms with Crippen LogP contribution in [0.4, 0.5) is 0 Å². The Hall–Kier alpha value is -0.910. The predicted octanol–water partition coefficient (Wildman–Crippen LogP) is 2.11. The van der Waals surface area contributed by atoms with E-state index < -0.39 is 10.0 Å². The van der Waals surface area contributed by atoms with Crippen LogP contribution >= 0.6 is 0 Å². The highest BCUT2D eigenvalue weighted by molar-refractivity contribution is 7.89. The Morgan fingerprint density at radius 2 is 1.63 bits per heavy atom. The minimum atomic E-state index is -3.52. The summed E-state index contributed by atoms with van der Waals surface area (Å²) in [7, 11) is -3.52. The second-order valence-corrected chi connectivity index (χ2v) is 7.01. The second kappa shape index (κ2) is 6.50. The summed E-state index contributed by atoms with van der Waals surface area (Å²) < 4.78 is 26.9. The van der Waals surface area contributed by atoms with Crippen molar-refractivity contribution in [1.82, 2.24) is 4.72 Å². The van der Waals surface area contributed by atoms with Gasteiger partial charge in [-0.15, -0.1) is 0 Å². The summed E-state index contributed by atoms with van der Waals surface area (Å²) in [6.45, 7) is 7.63. The fraction of sp³-hybridized carbons (Fsp3) is 0.571. The van der Waals surface area contributed by atoms with Gasteiger partial charge in [0.1, 0.15) is 0 Å². The van der Waals surface area contributed by atoms with Crippen LogP contribution in [-0.4, -0.2) is 26.2 Å². The third-order valence-corrected chi connectivity index (χ3v) is 4.91. The van der Waals surface area contributed by atoms with Crippen molar-refractivity contribution in [3.05, 3.63) is 29.8 Å². The average molecular weight is 285 g/mol. The lowest BCUT2D eigenvalue weighted by Gasteiger charge is -2.19. The molecule has 4 nitrogen and oxygen atoms in total. The van der Waals surface area contributed by atoms with E-state index in [0.717, 1.165) is 5.56 Å². The summed E-state index contributed by atoms with van der Waals surface area (Å²) in [6.07, 6.45) is 0. The smallest absolute Gasteiger partial charge is 0.240 e. The summed E-state index contributed by atoms with van der Waals surface area (Å²) in [6, 6.07) is 6.60. The molecule has 0 bridgehead atoms. The van der Waals surface area contributed by atoms with Gasteiger partial charge in [-0.3, -0.25) is 0 Å². The molecule has 1 aromatic carbocycles. The predicted molar refractivity (Wildman–Crippen MR) is 76.6 cm³/mol. The Morgan fingerprint density at radius 3 is 2.05 bits per heavy atom. The maximum atomic E-state index is 12.2. The maximum absolute atomic E-state index is 12.2. The molecule has 108 valence electrons. The average Bonchev–Trinajstić information content (AvgIpc) is 2.37. The van der Waals surface area contributed by atoms with E-state index in [-0.39, 0.29) is 23.5 Å². The van der Waals surface area contributed by atoms with E-state index in [1.807, 2.05) is 12.1 Å². The number of aliphatic hydroxyl groups is 1. The van der Waals surface area contributed by atoms with Crippen LogP contribution in [0.1, 0.15) is 39.2 Å². The molecule has 0 saturated carbocycles. The van der Waals surface area contributed by atoms with Crippen molar-refractivity contribution in [2.24, 2.45) is 5.92 Å². The van der Waals surface area contributed by atoms with E-state index in [2.05, 4.69) is 18.6 Å². The van der Waals surface area contributed by atoms with E-state index in [1.54, 1.807) is 26.0 Å². The first-order valence-electron chi connectivity index (χ1n) is 6.51. The molecule has 0 amide bonds. The van der Waals surface area contributed by atoms with Crippen LogP contribution in [0.25, 0.3) is 0 Å². The topological polar surface area (TPSA) is 66.4 Å². The Labute approximate surface area is 115 Å². The summed E-state index contributed by atoms with van der Waals surface area (Å²) in [5.41, 5.74) is 1.11. The molecular weight excluding hydrogens is 262 g/mol. The number of hydrogen-bond acceptors (Lipinski definition) is 3. The molecule has 0 aliphatic rings. The van der Waals surface area contributed by atoms with Crippen molar-refractivity contribution in [2.75, 3.05) is 6.61 Å². The van der Waals surface area contributed by atoms with Crippen LogP contribution in [-0.2, 0) is 10.0 Å². The molecule has 2 atom stereocenters. The molecule has 2 N–H and O–H groups in total. The van der Waals surface area contributed by atoms with Crippen molar-refractivity contribution in [2.45, 2.75) is 44.6 Å².